The molecular formula is C8H15F2Na. The fraction of sp³-hybridized carbons (Fsp3) is 0.875. The normalized spacial score (nSPS) is 9.82. The Morgan fingerprint density at radius 1 is 1.00 bits per heavy atom. The van der Waals surface area contributed by atoms with Crippen LogP contribution in [-0.2, 0) is 0 Å². The summed E-state index contributed by atoms with van der Waals surface area (Å²) in [6.07, 6.45) is 2.60. The van der Waals surface area contributed by atoms with E-state index < -0.39 is 6.43 Å². The second kappa shape index (κ2) is 10.9. The minimum absolute atomic E-state index is 0. The zero-order chi connectivity index (χ0) is 7.82. The molecule has 0 aromatic heterocycles. The molecule has 0 aliphatic carbocycles. The summed E-state index contributed by atoms with van der Waals surface area (Å²) in [4.78, 5) is 0. The summed E-state index contributed by atoms with van der Waals surface area (Å²) >= 11 is 0. The van der Waals surface area contributed by atoms with E-state index in [2.05, 4.69) is 6.92 Å². The van der Waals surface area contributed by atoms with Gasteiger partial charge in [-0.15, -0.1) is 0 Å². The van der Waals surface area contributed by atoms with Crippen molar-refractivity contribution in [1.29, 1.82) is 0 Å². The molecule has 0 aliphatic rings. The van der Waals surface area contributed by atoms with Gasteiger partial charge < -0.3 is 6.92 Å². The number of alkyl halides is 2. The summed E-state index contributed by atoms with van der Waals surface area (Å²) in [5, 5.41) is 0. The zero-order valence-electron chi connectivity index (χ0n) is 7.28. The van der Waals surface area contributed by atoms with Crippen molar-refractivity contribution >= 4 is 0 Å². The summed E-state index contributed by atoms with van der Waals surface area (Å²) in [5.74, 6) is 0. The maximum absolute atomic E-state index is 11.5. The van der Waals surface area contributed by atoms with E-state index >= 15 is 0 Å². The third kappa shape index (κ3) is 13.8. The van der Waals surface area contributed by atoms with Crippen LogP contribution in [0.15, 0.2) is 0 Å². The van der Waals surface area contributed by atoms with Crippen LogP contribution in [0.1, 0.15) is 38.5 Å². The minimum Gasteiger partial charge on any atom is -0.343 e. The van der Waals surface area contributed by atoms with Crippen molar-refractivity contribution in [3.63, 3.8) is 0 Å². The Bertz CT molecular complexity index is 67.1. The standard InChI is InChI=1S/C8H15F2.Na/c1-2-3-4-5-6-7-8(9)10;/h8H,1-7H2;/q-1;+1. The Labute approximate surface area is 90.0 Å². The second-order valence-corrected chi connectivity index (χ2v) is 2.45. The van der Waals surface area contributed by atoms with Gasteiger partial charge in [0.25, 0.3) is 0 Å². The van der Waals surface area contributed by atoms with E-state index in [4.69, 9.17) is 0 Å². The molecule has 0 radical (unpaired) electrons. The maximum atomic E-state index is 11.5. The van der Waals surface area contributed by atoms with Gasteiger partial charge in [-0.3, -0.25) is 0 Å². The Morgan fingerprint density at radius 3 is 2.00 bits per heavy atom. The third-order valence-electron chi connectivity index (χ3n) is 1.42. The zero-order valence-corrected chi connectivity index (χ0v) is 9.28. The first kappa shape index (κ1) is 14.4. The van der Waals surface area contributed by atoms with E-state index in [1.54, 1.807) is 0 Å². The number of unbranched alkanes of at least 4 members (excludes halogenated alkanes) is 4. The van der Waals surface area contributed by atoms with Gasteiger partial charge in [-0.05, 0) is 6.42 Å². The molecule has 0 nitrogen and oxygen atoms in total. The van der Waals surface area contributed by atoms with Crippen LogP contribution in [0.5, 0.6) is 0 Å². The predicted octanol–water partition coefficient (Wildman–Crippen LogP) is 0.430. The van der Waals surface area contributed by atoms with Crippen molar-refractivity contribution in [3.05, 3.63) is 6.92 Å². The van der Waals surface area contributed by atoms with Crippen molar-refractivity contribution in [3.8, 4) is 0 Å². The first-order valence-corrected chi connectivity index (χ1v) is 3.84. The molecule has 0 heterocycles. The van der Waals surface area contributed by atoms with Crippen molar-refractivity contribution in [2.24, 2.45) is 0 Å². The van der Waals surface area contributed by atoms with E-state index in [9.17, 15) is 8.78 Å². The second-order valence-electron chi connectivity index (χ2n) is 2.45. The molecule has 0 aliphatic heterocycles. The first-order valence-electron chi connectivity index (χ1n) is 3.84. The minimum atomic E-state index is -2.11. The Kier molecular flexibility index (Phi) is 14.2. The Morgan fingerprint density at radius 2 is 1.55 bits per heavy atom. The van der Waals surface area contributed by atoms with E-state index in [1.165, 1.54) is 0 Å². The molecule has 0 aromatic carbocycles. The Balaban J connectivity index is 0. The van der Waals surface area contributed by atoms with Crippen molar-refractivity contribution < 1.29 is 38.3 Å². The SMILES string of the molecule is [CH2-]CCCCCCC(F)F.[Na+]. The van der Waals surface area contributed by atoms with Crippen LogP contribution < -0.4 is 29.6 Å². The quantitative estimate of drug-likeness (QED) is 0.309. The van der Waals surface area contributed by atoms with E-state index in [0.717, 1.165) is 25.7 Å². The summed E-state index contributed by atoms with van der Waals surface area (Å²) in [7, 11) is 0. The van der Waals surface area contributed by atoms with Gasteiger partial charge in [0, 0.05) is 6.42 Å². The number of rotatable bonds is 6. The molecule has 0 rings (SSSR count). The molecule has 62 valence electrons. The van der Waals surface area contributed by atoms with E-state index in [1.807, 2.05) is 0 Å². The molecule has 0 amide bonds. The third-order valence-corrected chi connectivity index (χ3v) is 1.42. The van der Waals surface area contributed by atoms with Gasteiger partial charge in [-0.2, -0.15) is 6.42 Å². The van der Waals surface area contributed by atoms with Crippen LogP contribution in [0.25, 0.3) is 0 Å². The molecule has 11 heavy (non-hydrogen) atoms. The van der Waals surface area contributed by atoms with Crippen LogP contribution in [0.2, 0.25) is 0 Å². The number of hydrogen-bond donors (Lipinski definition) is 0. The molecule has 3 heteroatoms. The van der Waals surface area contributed by atoms with Crippen molar-refractivity contribution in [2.45, 2.75) is 45.0 Å². The van der Waals surface area contributed by atoms with E-state index in [-0.39, 0.29) is 36.0 Å². The summed E-state index contributed by atoms with van der Waals surface area (Å²) in [6.45, 7) is 3.67. The molecule has 0 spiro atoms. The average Bonchev–Trinajstić information content (AvgIpc) is 1.87. The molecule has 0 fully saturated rings. The maximum Gasteiger partial charge on any atom is 1.00 e. The summed E-state index contributed by atoms with van der Waals surface area (Å²) in [6, 6.07) is 0. The van der Waals surface area contributed by atoms with Gasteiger partial charge in [0.05, 0.1) is 0 Å². The van der Waals surface area contributed by atoms with Crippen LogP contribution >= 0.6 is 0 Å². The van der Waals surface area contributed by atoms with Gasteiger partial charge in [-0.1, -0.05) is 19.3 Å². The summed E-state index contributed by atoms with van der Waals surface area (Å²) in [5.41, 5.74) is 0. The monoisotopic (exact) mass is 172 g/mol. The molecular weight excluding hydrogens is 157 g/mol. The fourth-order valence-corrected chi connectivity index (χ4v) is 0.829. The molecule has 0 bridgehead atoms. The van der Waals surface area contributed by atoms with Gasteiger partial charge in [0.2, 0.25) is 6.43 Å². The Hall–Kier alpha value is 0.860. The number of halogens is 2. The molecule has 0 N–H and O–H groups in total. The van der Waals surface area contributed by atoms with Crippen molar-refractivity contribution in [1.82, 2.24) is 0 Å². The molecule has 0 aromatic rings. The molecule has 0 unspecified atom stereocenters. The van der Waals surface area contributed by atoms with Crippen LogP contribution in [0.4, 0.5) is 8.78 Å². The van der Waals surface area contributed by atoms with Crippen molar-refractivity contribution in [2.75, 3.05) is 0 Å². The van der Waals surface area contributed by atoms with Crippen LogP contribution in [0, 0.1) is 6.92 Å². The molecule has 0 atom stereocenters. The smallest absolute Gasteiger partial charge is 0.343 e. The number of hydrogen-bond acceptors (Lipinski definition) is 0. The van der Waals surface area contributed by atoms with Gasteiger partial charge in [-0.25, -0.2) is 8.78 Å². The van der Waals surface area contributed by atoms with E-state index in [0.29, 0.717) is 6.42 Å². The molecule has 0 saturated heterocycles. The first-order chi connectivity index (χ1) is 4.77. The average molecular weight is 172 g/mol. The largest absolute Gasteiger partial charge is 1.00 e. The van der Waals surface area contributed by atoms with Gasteiger partial charge >= 0.3 is 29.6 Å². The van der Waals surface area contributed by atoms with Gasteiger partial charge in [0.1, 0.15) is 0 Å². The van der Waals surface area contributed by atoms with Crippen LogP contribution in [0.3, 0.4) is 0 Å². The predicted molar refractivity (Wildman–Crippen MR) is 39.1 cm³/mol. The summed E-state index contributed by atoms with van der Waals surface area (Å²) < 4.78 is 23.1. The fourth-order valence-electron chi connectivity index (χ4n) is 0.829. The molecule has 0 saturated carbocycles. The van der Waals surface area contributed by atoms with Crippen LogP contribution in [-0.4, -0.2) is 6.43 Å². The topological polar surface area (TPSA) is 0 Å². The van der Waals surface area contributed by atoms with Gasteiger partial charge in [0.15, 0.2) is 0 Å².